The minimum atomic E-state index is -0.263. The summed E-state index contributed by atoms with van der Waals surface area (Å²) in [6, 6.07) is 8.16. The van der Waals surface area contributed by atoms with Gasteiger partial charge in [-0.15, -0.1) is 0 Å². The van der Waals surface area contributed by atoms with E-state index in [0.717, 1.165) is 31.7 Å². The van der Waals surface area contributed by atoms with Crippen LogP contribution in [-0.4, -0.2) is 43.4 Å². The summed E-state index contributed by atoms with van der Waals surface area (Å²) in [6.07, 6.45) is 1.56. The van der Waals surface area contributed by atoms with Gasteiger partial charge in [0, 0.05) is 6.54 Å². The molecule has 0 aromatic heterocycles. The van der Waals surface area contributed by atoms with Gasteiger partial charge in [0.2, 0.25) is 0 Å². The molecule has 0 saturated heterocycles. The first kappa shape index (κ1) is 12.4. The quantitative estimate of drug-likeness (QED) is 0.864. The topological polar surface area (TPSA) is 32.7 Å². The predicted molar refractivity (Wildman–Crippen MR) is 68.5 cm³/mol. The lowest BCUT2D eigenvalue weighted by atomic mass is 9.88. The second-order valence-corrected chi connectivity index (χ2v) is 5.02. The van der Waals surface area contributed by atoms with E-state index in [9.17, 15) is 5.11 Å². The van der Waals surface area contributed by atoms with Crippen molar-refractivity contribution >= 4 is 0 Å². The van der Waals surface area contributed by atoms with Crippen molar-refractivity contribution in [2.45, 2.75) is 24.9 Å². The smallest absolute Gasteiger partial charge is 0.122 e. The highest BCUT2D eigenvalue weighted by Crippen LogP contribution is 2.36. The number of ether oxygens (including phenoxy) is 1. The lowest BCUT2D eigenvalue weighted by Gasteiger charge is -2.28. The molecule has 0 amide bonds. The number of hydrogen-bond donors (Lipinski definition) is 1. The second kappa shape index (κ2) is 5.52. The van der Waals surface area contributed by atoms with E-state index in [4.69, 9.17) is 4.74 Å². The van der Waals surface area contributed by atoms with Crippen LogP contribution in [0.15, 0.2) is 24.3 Å². The first-order valence-electron chi connectivity index (χ1n) is 6.21. The van der Waals surface area contributed by atoms with Gasteiger partial charge in [0.1, 0.15) is 5.75 Å². The van der Waals surface area contributed by atoms with Gasteiger partial charge in [-0.25, -0.2) is 0 Å². The molecular weight excluding hydrogens is 214 g/mol. The Morgan fingerprint density at radius 1 is 1.41 bits per heavy atom. The van der Waals surface area contributed by atoms with Crippen LogP contribution in [0.3, 0.4) is 0 Å². The van der Waals surface area contributed by atoms with Gasteiger partial charge in [-0.2, -0.15) is 0 Å². The van der Waals surface area contributed by atoms with Crippen LogP contribution >= 0.6 is 0 Å². The minimum absolute atomic E-state index is 0.263. The Labute approximate surface area is 103 Å². The van der Waals surface area contributed by atoms with Gasteiger partial charge >= 0.3 is 0 Å². The van der Waals surface area contributed by atoms with E-state index in [0.29, 0.717) is 5.92 Å². The highest BCUT2D eigenvalue weighted by atomic mass is 16.5. The average molecular weight is 235 g/mol. The summed E-state index contributed by atoms with van der Waals surface area (Å²) >= 11 is 0. The molecule has 0 saturated carbocycles. The first-order chi connectivity index (χ1) is 8.16. The third kappa shape index (κ3) is 3.20. The van der Waals surface area contributed by atoms with Crippen molar-refractivity contribution in [2.24, 2.45) is 0 Å². The monoisotopic (exact) mass is 235 g/mol. The van der Waals surface area contributed by atoms with Gasteiger partial charge in [0.15, 0.2) is 0 Å². The SMILES string of the molecule is CN(C)CC(O)CC1CCOc2ccccc21. The van der Waals surface area contributed by atoms with Crippen molar-refractivity contribution in [3.8, 4) is 5.75 Å². The Kier molecular flexibility index (Phi) is 4.02. The molecule has 2 atom stereocenters. The largest absolute Gasteiger partial charge is 0.493 e. The summed E-state index contributed by atoms with van der Waals surface area (Å²) < 4.78 is 5.62. The maximum absolute atomic E-state index is 10.0. The zero-order valence-corrected chi connectivity index (χ0v) is 10.6. The molecule has 0 bridgehead atoms. The van der Waals surface area contributed by atoms with Crippen LogP contribution in [0, 0.1) is 0 Å². The minimum Gasteiger partial charge on any atom is -0.493 e. The van der Waals surface area contributed by atoms with Crippen molar-refractivity contribution in [3.63, 3.8) is 0 Å². The molecule has 1 aromatic rings. The van der Waals surface area contributed by atoms with Gasteiger partial charge in [0.25, 0.3) is 0 Å². The summed E-state index contributed by atoms with van der Waals surface area (Å²) in [7, 11) is 3.97. The van der Waals surface area contributed by atoms with E-state index in [-0.39, 0.29) is 6.10 Å². The molecule has 2 rings (SSSR count). The zero-order valence-electron chi connectivity index (χ0n) is 10.6. The standard InChI is InChI=1S/C14H21NO2/c1-15(2)10-12(16)9-11-7-8-17-14-6-4-3-5-13(11)14/h3-6,11-12,16H,7-10H2,1-2H3. The number of fused-ring (bicyclic) bond motifs is 1. The number of likely N-dealkylation sites (N-methyl/N-ethyl adjacent to an activating group) is 1. The lowest BCUT2D eigenvalue weighted by molar-refractivity contribution is 0.113. The number of para-hydroxylation sites is 1. The maximum Gasteiger partial charge on any atom is 0.122 e. The highest BCUT2D eigenvalue weighted by Gasteiger charge is 2.23. The summed E-state index contributed by atoms with van der Waals surface area (Å²) in [5.41, 5.74) is 1.25. The van der Waals surface area contributed by atoms with Crippen molar-refractivity contribution in [1.82, 2.24) is 4.90 Å². The van der Waals surface area contributed by atoms with Crippen molar-refractivity contribution < 1.29 is 9.84 Å². The molecule has 1 N–H and O–H groups in total. The van der Waals surface area contributed by atoms with E-state index in [2.05, 4.69) is 6.07 Å². The van der Waals surface area contributed by atoms with E-state index < -0.39 is 0 Å². The zero-order chi connectivity index (χ0) is 12.3. The fourth-order valence-corrected chi connectivity index (χ4v) is 2.49. The van der Waals surface area contributed by atoms with Crippen molar-refractivity contribution in [1.29, 1.82) is 0 Å². The van der Waals surface area contributed by atoms with Crippen LogP contribution < -0.4 is 4.74 Å². The number of benzene rings is 1. The maximum atomic E-state index is 10.0. The van der Waals surface area contributed by atoms with Crippen molar-refractivity contribution in [2.75, 3.05) is 27.2 Å². The van der Waals surface area contributed by atoms with Gasteiger partial charge in [0.05, 0.1) is 12.7 Å². The number of hydrogen-bond acceptors (Lipinski definition) is 3. The molecule has 1 aliphatic rings. The van der Waals surface area contributed by atoms with Gasteiger partial charge in [-0.05, 0) is 44.5 Å². The van der Waals surface area contributed by atoms with Crippen LogP contribution in [-0.2, 0) is 0 Å². The second-order valence-electron chi connectivity index (χ2n) is 5.02. The third-order valence-electron chi connectivity index (χ3n) is 3.22. The lowest BCUT2D eigenvalue weighted by Crippen LogP contribution is -2.28. The fraction of sp³-hybridized carbons (Fsp3) is 0.571. The van der Waals surface area contributed by atoms with Crippen LogP contribution in [0.4, 0.5) is 0 Å². The molecule has 1 aliphatic heterocycles. The Bertz CT molecular complexity index is 365. The fourth-order valence-electron chi connectivity index (χ4n) is 2.49. The van der Waals surface area contributed by atoms with Crippen molar-refractivity contribution in [3.05, 3.63) is 29.8 Å². The Balaban J connectivity index is 2.03. The van der Waals surface area contributed by atoms with E-state index in [1.807, 2.05) is 37.2 Å². The molecule has 0 aliphatic carbocycles. The molecule has 1 heterocycles. The molecule has 3 heteroatoms. The van der Waals surface area contributed by atoms with Crippen LogP contribution in [0.2, 0.25) is 0 Å². The predicted octanol–water partition coefficient (Wildman–Crippen LogP) is 1.87. The molecule has 0 spiro atoms. The molecule has 17 heavy (non-hydrogen) atoms. The Morgan fingerprint density at radius 3 is 2.94 bits per heavy atom. The number of aliphatic hydroxyl groups is 1. The molecule has 0 fully saturated rings. The summed E-state index contributed by atoms with van der Waals surface area (Å²) in [4.78, 5) is 2.02. The van der Waals surface area contributed by atoms with Crippen LogP contribution in [0.5, 0.6) is 5.75 Å². The van der Waals surface area contributed by atoms with Gasteiger partial charge in [-0.3, -0.25) is 0 Å². The third-order valence-corrected chi connectivity index (χ3v) is 3.22. The van der Waals surface area contributed by atoms with Crippen LogP contribution in [0.1, 0.15) is 24.3 Å². The van der Waals surface area contributed by atoms with Crippen LogP contribution in [0.25, 0.3) is 0 Å². The highest BCUT2D eigenvalue weighted by molar-refractivity contribution is 5.37. The number of rotatable bonds is 4. The first-order valence-corrected chi connectivity index (χ1v) is 6.21. The average Bonchev–Trinajstić information content (AvgIpc) is 2.28. The number of aliphatic hydroxyl groups excluding tert-OH is 1. The van der Waals surface area contributed by atoms with E-state index in [1.165, 1.54) is 5.56 Å². The molecule has 1 aromatic carbocycles. The Hall–Kier alpha value is -1.06. The van der Waals surface area contributed by atoms with Gasteiger partial charge < -0.3 is 14.7 Å². The molecule has 2 unspecified atom stereocenters. The normalized spacial score (nSPS) is 20.8. The van der Waals surface area contributed by atoms with E-state index in [1.54, 1.807) is 0 Å². The van der Waals surface area contributed by atoms with Gasteiger partial charge in [-0.1, -0.05) is 18.2 Å². The summed E-state index contributed by atoms with van der Waals surface area (Å²) in [5.74, 6) is 1.41. The Morgan fingerprint density at radius 2 is 2.18 bits per heavy atom. The molecular formula is C14H21NO2. The molecule has 3 nitrogen and oxygen atoms in total. The summed E-state index contributed by atoms with van der Waals surface area (Å²) in [6.45, 7) is 1.48. The molecule has 0 radical (unpaired) electrons. The van der Waals surface area contributed by atoms with E-state index >= 15 is 0 Å². The molecule has 94 valence electrons. The number of nitrogens with zero attached hydrogens (tertiary/aromatic N) is 1. The summed E-state index contributed by atoms with van der Waals surface area (Å²) in [5, 5.41) is 10.0.